The highest BCUT2D eigenvalue weighted by molar-refractivity contribution is 5.42. The normalized spacial score (nSPS) is 9.65. The molecular weight excluding hydrogens is 269 g/mol. The van der Waals surface area contributed by atoms with E-state index in [0.717, 1.165) is 24.3 Å². The maximum Gasteiger partial charge on any atom is 0.198 e. The monoisotopic (exact) mass is 274 g/mol. The summed E-state index contributed by atoms with van der Waals surface area (Å²) >= 11 is 0. The van der Waals surface area contributed by atoms with Gasteiger partial charge in [0.15, 0.2) is 29.0 Å². The molecule has 98 valence electrons. The van der Waals surface area contributed by atoms with Gasteiger partial charge in [0.2, 0.25) is 0 Å². The van der Waals surface area contributed by atoms with Gasteiger partial charge in [0.1, 0.15) is 0 Å². The first kappa shape index (κ1) is 13.4. The number of hydrogen-bond donors (Lipinski definition) is 0. The predicted octanol–water partition coefficient (Wildman–Crippen LogP) is 3.64. The minimum absolute atomic E-state index is 0.0515. The lowest BCUT2D eigenvalue weighted by Crippen LogP contribution is -1.96. The molecule has 20 heavy (non-hydrogen) atoms. The van der Waals surface area contributed by atoms with Gasteiger partial charge in [0.25, 0.3) is 0 Å². The molecule has 3 nitrogen and oxygen atoms in total. The maximum atomic E-state index is 13.6. The lowest BCUT2D eigenvalue weighted by Gasteiger charge is -2.09. The first-order valence-corrected chi connectivity index (χ1v) is 5.32. The summed E-state index contributed by atoms with van der Waals surface area (Å²) in [5.74, 6) is -4.40. The number of nitriles is 2. The van der Waals surface area contributed by atoms with Crippen LogP contribution in [0, 0.1) is 40.1 Å². The van der Waals surface area contributed by atoms with Gasteiger partial charge < -0.3 is 4.74 Å². The van der Waals surface area contributed by atoms with Crippen molar-refractivity contribution in [1.29, 1.82) is 10.5 Å². The average molecular weight is 274 g/mol. The molecule has 0 atom stereocenters. The van der Waals surface area contributed by atoms with Crippen molar-refractivity contribution in [2.45, 2.75) is 0 Å². The zero-order valence-electron chi connectivity index (χ0n) is 9.82. The van der Waals surface area contributed by atoms with Crippen molar-refractivity contribution in [3.05, 3.63) is 58.9 Å². The molecule has 0 aliphatic heterocycles. The van der Waals surface area contributed by atoms with Crippen LogP contribution < -0.4 is 4.74 Å². The third-order valence-corrected chi connectivity index (χ3v) is 2.40. The molecule has 6 heteroatoms. The van der Waals surface area contributed by atoms with E-state index in [9.17, 15) is 13.2 Å². The van der Waals surface area contributed by atoms with Gasteiger partial charge in [-0.3, -0.25) is 0 Å². The topological polar surface area (TPSA) is 56.8 Å². The summed E-state index contributed by atoms with van der Waals surface area (Å²) in [7, 11) is 0. The molecule has 0 N–H and O–H groups in total. The van der Waals surface area contributed by atoms with Crippen molar-refractivity contribution in [3.63, 3.8) is 0 Å². The van der Waals surface area contributed by atoms with Crippen molar-refractivity contribution >= 4 is 0 Å². The van der Waals surface area contributed by atoms with Crippen LogP contribution in [-0.2, 0) is 0 Å². The van der Waals surface area contributed by atoms with Crippen LogP contribution >= 0.6 is 0 Å². The van der Waals surface area contributed by atoms with Crippen molar-refractivity contribution in [3.8, 4) is 23.6 Å². The Morgan fingerprint density at radius 2 is 1.35 bits per heavy atom. The summed E-state index contributed by atoms with van der Waals surface area (Å²) in [6.45, 7) is 0. The second-order valence-corrected chi connectivity index (χ2v) is 3.74. The van der Waals surface area contributed by atoms with Crippen molar-refractivity contribution in [1.82, 2.24) is 0 Å². The van der Waals surface area contributed by atoms with E-state index in [0.29, 0.717) is 0 Å². The van der Waals surface area contributed by atoms with Gasteiger partial charge >= 0.3 is 0 Å². The fourth-order valence-corrected chi connectivity index (χ4v) is 1.49. The molecule has 0 heterocycles. The Balaban J connectivity index is 2.41. The summed E-state index contributed by atoms with van der Waals surface area (Å²) in [5, 5.41) is 17.1. The van der Waals surface area contributed by atoms with E-state index >= 15 is 0 Å². The van der Waals surface area contributed by atoms with Crippen LogP contribution in [0.15, 0.2) is 30.3 Å². The van der Waals surface area contributed by atoms with Crippen LogP contribution in [-0.4, -0.2) is 0 Å². The number of rotatable bonds is 2. The molecule has 0 radical (unpaired) electrons. The summed E-state index contributed by atoms with van der Waals surface area (Å²) in [6.07, 6.45) is 0. The number of nitrogens with zero attached hydrogens (tertiary/aromatic N) is 2. The van der Waals surface area contributed by atoms with Crippen LogP contribution in [0.1, 0.15) is 11.1 Å². The van der Waals surface area contributed by atoms with E-state index in [-0.39, 0.29) is 11.1 Å². The van der Waals surface area contributed by atoms with E-state index in [1.165, 1.54) is 6.07 Å². The van der Waals surface area contributed by atoms with E-state index in [2.05, 4.69) is 0 Å². The Bertz CT molecular complexity index is 737. The summed E-state index contributed by atoms with van der Waals surface area (Å²) in [6, 6.07) is 8.07. The SMILES string of the molecule is N#Cc1ccc(Oc2c(F)cc(C#N)cc2F)c(F)c1. The number of halogens is 3. The Kier molecular flexibility index (Phi) is 3.58. The van der Waals surface area contributed by atoms with Crippen LogP contribution in [0.5, 0.6) is 11.5 Å². The van der Waals surface area contributed by atoms with Gasteiger partial charge in [-0.05, 0) is 30.3 Å². The molecule has 0 aromatic heterocycles. The highest BCUT2D eigenvalue weighted by atomic mass is 19.1. The maximum absolute atomic E-state index is 13.6. The van der Waals surface area contributed by atoms with Crippen molar-refractivity contribution < 1.29 is 17.9 Å². The number of benzene rings is 2. The first-order chi connectivity index (χ1) is 9.55. The largest absolute Gasteiger partial charge is 0.448 e. The van der Waals surface area contributed by atoms with Crippen LogP contribution in [0.25, 0.3) is 0 Å². The molecule has 2 aromatic carbocycles. The van der Waals surface area contributed by atoms with E-state index in [4.69, 9.17) is 15.3 Å². The summed E-state index contributed by atoms with van der Waals surface area (Å²) in [5.41, 5.74) is -0.164. The molecule has 0 spiro atoms. The quantitative estimate of drug-likeness (QED) is 0.840. The van der Waals surface area contributed by atoms with Gasteiger partial charge in [0, 0.05) is 0 Å². The smallest absolute Gasteiger partial charge is 0.198 e. The first-order valence-electron chi connectivity index (χ1n) is 5.32. The molecule has 2 rings (SSSR count). The van der Waals surface area contributed by atoms with Gasteiger partial charge in [-0.25, -0.2) is 13.2 Å². The zero-order valence-corrected chi connectivity index (χ0v) is 9.82. The highest BCUT2D eigenvalue weighted by Gasteiger charge is 2.16. The average Bonchev–Trinajstić information content (AvgIpc) is 2.43. The standard InChI is InChI=1S/C14H5F3N2O/c15-10-3-8(6-18)1-2-13(10)20-14-11(16)4-9(7-19)5-12(14)17/h1-5H. The van der Waals surface area contributed by atoms with E-state index in [1.807, 2.05) is 0 Å². The molecule has 0 aliphatic carbocycles. The third kappa shape index (κ3) is 2.55. The Labute approximate surface area is 112 Å². The summed E-state index contributed by atoms with van der Waals surface area (Å²) in [4.78, 5) is 0. The number of ether oxygens (including phenoxy) is 1. The second-order valence-electron chi connectivity index (χ2n) is 3.74. The molecule has 0 fully saturated rings. The molecule has 0 aliphatic rings. The lowest BCUT2D eigenvalue weighted by atomic mass is 10.2. The second kappa shape index (κ2) is 5.33. The Hall–Kier alpha value is -2.99. The molecule has 0 bridgehead atoms. The van der Waals surface area contributed by atoms with Gasteiger partial charge in [-0.2, -0.15) is 10.5 Å². The summed E-state index contributed by atoms with van der Waals surface area (Å²) < 4.78 is 45.5. The van der Waals surface area contributed by atoms with Crippen LogP contribution in [0.3, 0.4) is 0 Å². The van der Waals surface area contributed by atoms with Gasteiger partial charge in [0.05, 0.1) is 23.3 Å². The Morgan fingerprint density at radius 1 is 0.800 bits per heavy atom. The molecule has 2 aromatic rings. The van der Waals surface area contributed by atoms with Crippen molar-refractivity contribution in [2.75, 3.05) is 0 Å². The number of hydrogen-bond acceptors (Lipinski definition) is 3. The Morgan fingerprint density at radius 3 is 1.85 bits per heavy atom. The zero-order chi connectivity index (χ0) is 14.7. The van der Waals surface area contributed by atoms with Crippen molar-refractivity contribution in [2.24, 2.45) is 0 Å². The van der Waals surface area contributed by atoms with E-state index in [1.54, 1.807) is 12.1 Å². The molecular formula is C14H5F3N2O. The van der Waals surface area contributed by atoms with Gasteiger partial charge in [-0.1, -0.05) is 0 Å². The molecule has 0 unspecified atom stereocenters. The highest BCUT2D eigenvalue weighted by Crippen LogP contribution is 2.30. The fourth-order valence-electron chi connectivity index (χ4n) is 1.49. The minimum atomic E-state index is -1.12. The predicted molar refractivity (Wildman–Crippen MR) is 62.3 cm³/mol. The molecule has 0 saturated heterocycles. The molecule has 0 saturated carbocycles. The van der Waals surface area contributed by atoms with Crippen LogP contribution in [0.2, 0.25) is 0 Å². The van der Waals surface area contributed by atoms with Crippen LogP contribution in [0.4, 0.5) is 13.2 Å². The third-order valence-electron chi connectivity index (χ3n) is 2.40. The fraction of sp³-hybridized carbons (Fsp3) is 0. The van der Waals surface area contributed by atoms with E-state index < -0.39 is 29.0 Å². The lowest BCUT2D eigenvalue weighted by molar-refractivity contribution is 0.387. The molecule has 0 amide bonds. The van der Waals surface area contributed by atoms with Gasteiger partial charge in [-0.15, -0.1) is 0 Å². The minimum Gasteiger partial charge on any atom is -0.448 e.